The van der Waals surface area contributed by atoms with Crippen molar-refractivity contribution in [2.24, 2.45) is 10.4 Å². The van der Waals surface area contributed by atoms with E-state index in [1.165, 1.54) is 0 Å². The summed E-state index contributed by atoms with van der Waals surface area (Å²) in [4.78, 5) is 19.0. The van der Waals surface area contributed by atoms with Gasteiger partial charge in [-0.1, -0.05) is 20.8 Å². The highest BCUT2D eigenvalue weighted by atomic mass is 16.5. The highest BCUT2D eigenvalue weighted by Gasteiger charge is 2.21. The Balaban J connectivity index is 2.33. The van der Waals surface area contributed by atoms with Crippen LogP contribution in [-0.4, -0.2) is 75.8 Å². The van der Waals surface area contributed by atoms with E-state index in [1.54, 1.807) is 7.11 Å². The van der Waals surface area contributed by atoms with Crippen LogP contribution in [0.5, 0.6) is 0 Å². The summed E-state index contributed by atoms with van der Waals surface area (Å²) in [6, 6.07) is 0.454. The molecule has 0 unspecified atom stereocenters. The first-order valence-corrected chi connectivity index (χ1v) is 9.91. The van der Waals surface area contributed by atoms with Gasteiger partial charge in [0.1, 0.15) is 0 Å². The van der Waals surface area contributed by atoms with E-state index in [9.17, 15) is 4.79 Å². The van der Waals surface area contributed by atoms with E-state index in [4.69, 9.17) is 4.74 Å². The fourth-order valence-corrected chi connectivity index (χ4v) is 2.85. The lowest BCUT2D eigenvalue weighted by molar-refractivity contribution is -0.128. The zero-order chi connectivity index (χ0) is 19.4. The molecule has 1 heterocycles. The second-order valence-corrected chi connectivity index (χ2v) is 7.87. The first kappa shape index (κ1) is 22.7. The number of likely N-dealkylation sites (tertiary alicyclic amines) is 1. The molecular weight excluding hydrogens is 330 g/mol. The molecule has 0 aromatic heterocycles. The summed E-state index contributed by atoms with van der Waals surface area (Å²) in [5.41, 5.74) is -0.357. The molecule has 1 amide bonds. The molecule has 0 saturated carbocycles. The van der Waals surface area contributed by atoms with E-state index in [2.05, 4.69) is 32.8 Å². The van der Waals surface area contributed by atoms with Gasteiger partial charge in [0.15, 0.2) is 5.96 Å². The first-order chi connectivity index (χ1) is 12.4. The first-order valence-electron chi connectivity index (χ1n) is 9.91. The van der Waals surface area contributed by atoms with Crippen LogP contribution in [0.2, 0.25) is 0 Å². The Bertz CT molecular complexity index is 426. The number of ether oxygens (including phenoxy) is 1. The Hall–Kier alpha value is -1.34. The molecule has 7 nitrogen and oxygen atoms in total. The van der Waals surface area contributed by atoms with Crippen molar-refractivity contribution in [2.75, 3.05) is 53.0 Å². The molecule has 3 N–H and O–H groups in total. The Morgan fingerprint density at radius 2 is 1.92 bits per heavy atom. The van der Waals surface area contributed by atoms with Crippen molar-refractivity contribution in [1.82, 2.24) is 20.9 Å². The van der Waals surface area contributed by atoms with Crippen LogP contribution in [-0.2, 0) is 9.53 Å². The Morgan fingerprint density at radius 1 is 1.23 bits per heavy atom. The van der Waals surface area contributed by atoms with E-state index < -0.39 is 0 Å². The van der Waals surface area contributed by atoms with Crippen LogP contribution in [0, 0.1) is 5.41 Å². The molecule has 1 aliphatic heterocycles. The number of nitrogens with one attached hydrogen (secondary N) is 3. The zero-order valence-corrected chi connectivity index (χ0v) is 17.4. The number of hydrogen-bond donors (Lipinski definition) is 3. The SMILES string of the molecule is CCNC(=NCCNC(=O)C(C)(C)C)NC1CCN(CCCOC)CC1. The van der Waals surface area contributed by atoms with Gasteiger partial charge >= 0.3 is 0 Å². The molecule has 0 radical (unpaired) electrons. The molecule has 1 saturated heterocycles. The molecule has 0 aromatic carbocycles. The smallest absolute Gasteiger partial charge is 0.225 e. The maximum absolute atomic E-state index is 11.9. The van der Waals surface area contributed by atoms with E-state index in [0.29, 0.717) is 19.1 Å². The number of piperidine rings is 1. The summed E-state index contributed by atoms with van der Waals surface area (Å²) in [7, 11) is 1.76. The van der Waals surface area contributed by atoms with Crippen molar-refractivity contribution >= 4 is 11.9 Å². The minimum atomic E-state index is -0.357. The van der Waals surface area contributed by atoms with Gasteiger partial charge < -0.3 is 25.6 Å². The van der Waals surface area contributed by atoms with Crippen LogP contribution in [0.3, 0.4) is 0 Å². The summed E-state index contributed by atoms with van der Waals surface area (Å²) in [5, 5.41) is 9.77. The molecule has 0 spiro atoms. The molecule has 152 valence electrons. The highest BCUT2D eigenvalue weighted by Crippen LogP contribution is 2.12. The van der Waals surface area contributed by atoms with Crippen LogP contribution < -0.4 is 16.0 Å². The molecule has 26 heavy (non-hydrogen) atoms. The minimum absolute atomic E-state index is 0.0616. The number of rotatable bonds is 9. The molecule has 1 fully saturated rings. The third kappa shape index (κ3) is 9.38. The fraction of sp³-hybridized carbons (Fsp3) is 0.895. The quantitative estimate of drug-likeness (QED) is 0.323. The Morgan fingerprint density at radius 3 is 2.50 bits per heavy atom. The van der Waals surface area contributed by atoms with Gasteiger partial charge in [-0.2, -0.15) is 0 Å². The van der Waals surface area contributed by atoms with Gasteiger partial charge in [0.2, 0.25) is 5.91 Å². The number of methoxy groups -OCH3 is 1. The average molecular weight is 370 g/mol. The maximum atomic E-state index is 11.9. The van der Waals surface area contributed by atoms with Gasteiger partial charge in [-0.15, -0.1) is 0 Å². The molecular formula is C19H39N5O2. The zero-order valence-electron chi connectivity index (χ0n) is 17.4. The van der Waals surface area contributed by atoms with Crippen molar-refractivity contribution in [3.63, 3.8) is 0 Å². The van der Waals surface area contributed by atoms with Crippen LogP contribution in [0.25, 0.3) is 0 Å². The number of aliphatic imine (C=N–C) groups is 1. The summed E-state index contributed by atoms with van der Waals surface area (Å²) in [6.07, 6.45) is 3.34. The molecule has 0 aliphatic carbocycles. The third-order valence-corrected chi connectivity index (χ3v) is 4.44. The van der Waals surface area contributed by atoms with Gasteiger partial charge in [-0.3, -0.25) is 9.79 Å². The number of nitrogens with zero attached hydrogens (tertiary/aromatic N) is 2. The largest absolute Gasteiger partial charge is 0.385 e. The van der Waals surface area contributed by atoms with Crippen LogP contribution in [0.15, 0.2) is 4.99 Å². The number of hydrogen-bond acceptors (Lipinski definition) is 4. The fourth-order valence-electron chi connectivity index (χ4n) is 2.85. The Labute approximate surface area is 159 Å². The highest BCUT2D eigenvalue weighted by molar-refractivity contribution is 5.81. The number of guanidine groups is 1. The molecule has 1 aliphatic rings. The van der Waals surface area contributed by atoms with Gasteiger partial charge in [0.25, 0.3) is 0 Å². The number of carbonyl (C=O) groups excluding carboxylic acids is 1. The van der Waals surface area contributed by atoms with Crippen molar-refractivity contribution in [2.45, 2.75) is 53.0 Å². The third-order valence-electron chi connectivity index (χ3n) is 4.44. The monoisotopic (exact) mass is 369 g/mol. The minimum Gasteiger partial charge on any atom is -0.385 e. The van der Waals surface area contributed by atoms with Gasteiger partial charge in [-0.25, -0.2) is 0 Å². The van der Waals surface area contributed by atoms with Crippen LogP contribution in [0.1, 0.15) is 47.0 Å². The Kier molecular flexibility index (Phi) is 10.6. The van der Waals surface area contributed by atoms with Gasteiger partial charge in [0.05, 0.1) is 6.54 Å². The van der Waals surface area contributed by atoms with Gasteiger partial charge in [-0.05, 0) is 26.2 Å². The maximum Gasteiger partial charge on any atom is 0.225 e. The van der Waals surface area contributed by atoms with Crippen LogP contribution >= 0.6 is 0 Å². The molecule has 0 atom stereocenters. The average Bonchev–Trinajstić information content (AvgIpc) is 2.59. The van der Waals surface area contributed by atoms with Crippen LogP contribution in [0.4, 0.5) is 0 Å². The van der Waals surface area contributed by atoms with Crippen molar-refractivity contribution < 1.29 is 9.53 Å². The predicted molar refractivity (Wildman–Crippen MR) is 108 cm³/mol. The van der Waals surface area contributed by atoms with E-state index in [0.717, 1.165) is 58.0 Å². The van der Waals surface area contributed by atoms with E-state index in [1.807, 2.05) is 20.8 Å². The standard InChI is InChI=1S/C19H39N5O2/c1-6-20-18(22-11-10-21-17(25)19(2,3)4)23-16-8-13-24(14-9-16)12-7-15-26-5/h16H,6-15H2,1-5H3,(H,21,25)(H2,20,22,23). The lowest BCUT2D eigenvalue weighted by Gasteiger charge is -2.33. The van der Waals surface area contributed by atoms with Crippen molar-refractivity contribution in [3.05, 3.63) is 0 Å². The number of amides is 1. The van der Waals surface area contributed by atoms with E-state index in [-0.39, 0.29) is 11.3 Å². The topological polar surface area (TPSA) is 78.0 Å². The lowest BCUT2D eigenvalue weighted by Crippen LogP contribution is -2.49. The normalized spacial score (nSPS) is 17.2. The summed E-state index contributed by atoms with van der Waals surface area (Å²) in [5.74, 6) is 0.904. The van der Waals surface area contributed by atoms with E-state index >= 15 is 0 Å². The number of carbonyl (C=O) groups is 1. The molecule has 7 heteroatoms. The van der Waals surface area contributed by atoms with Crippen molar-refractivity contribution in [3.8, 4) is 0 Å². The second-order valence-electron chi connectivity index (χ2n) is 7.87. The molecule has 0 bridgehead atoms. The van der Waals surface area contributed by atoms with Gasteiger partial charge in [0, 0.05) is 57.9 Å². The summed E-state index contributed by atoms with van der Waals surface area (Å²) in [6.45, 7) is 14.0. The predicted octanol–water partition coefficient (Wildman–Crippen LogP) is 1.20. The summed E-state index contributed by atoms with van der Waals surface area (Å²) < 4.78 is 5.12. The lowest BCUT2D eigenvalue weighted by atomic mass is 9.96. The molecule has 1 rings (SSSR count). The second kappa shape index (κ2) is 12.1. The summed E-state index contributed by atoms with van der Waals surface area (Å²) >= 11 is 0. The van der Waals surface area contributed by atoms with Crippen molar-refractivity contribution in [1.29, 1.82) is 0 Å². The molecule has 0 aromatic rings.